The minimum atomic E-state index is 1.06. The van der Waals surface area contributed by atoms with Gasteiger partial charge in [-0.2, -0.15) is 0 Å². The van der Waals surface area contributed by atoms with Gasteiger partial charge in [-0.3, -0.25) is 0 Å². The zero-order valence-corrected chi connectivity index (χ0v) is 17.3. The molecule has 4 rings (SSSR count). The zero-order chi connectivity index (χ0) is 17.9. The second-order valence-electron chi connectivity index (χ2n) is 7.06. The van der Waals surface area contributed by atoms with Gasteiger partial charge in [0.15, 0.2) is 0 Å². The molecule has 0 aliphatic heterocycles. The minimum absolute atomic E-state index is 1.06. The molecule has 0 radical (unpaired) electrons. The highest BCUT2D eigenvalue weighted by atomic mass is 32.1. The molecule has 136 valence electrons. The van der Waals surface area contributed by atoms with E-state index in [0.29, 0.717) is 0 Å². The summed E-state index contributed by atoms with van der Waals surface area (Å²) >= 11 is 3.65. The molecule has 4 heteroatoms. The summed E-state index contributed by atoms with van der Waals surface area (Å²) in [6.07, 6.45) is 9.58. The van der Waals surface area contributed by atoms with E-state index in [9.17, 15) is 0 Å². The summed E-state index contributed by atoms with van der Waals surface area (Å²) in [5, 5.41) is 6.95. The molecule has 0 unspecified atom stereocenters. The van der Waals surface area contributed by atoms with Gasteiger partial charge in [0.25, 0.3) is 0 Å². The van der Waals surface area contributed by atoms with E-state index in [2.05, 4.69) is 36.7 Å². The van der Waals surface area contributed by atoms with Crippen molar-refractivity contribution in [1.29, 1.82) is 0 Å². The first-order valence-electron chi connectivity index (χ1n) is 9.89. The number of aromatic nitrogens is 2. The topological polar surface area (TPSA) is 25.8 Å². The summed E-state index contributed by atoms with van der Waals surface area (Å²) < 4.78 is 2.74. The van der Waals surface area contributed by atoms with E-state index in [1.807, 2.05) is 22.7 Å². The van der Waals surface area contributed by atoms with Gasteiger partial charge in [-0.15, -0.1) is 22.7 Å². The van der Waals surface area contributed by atoms with E-state index in [1.54, 1.807) is 0 Å². The first kappa shape index (κ1) is 17.9. The van der Waals surface area contributed by atoms with Crippen LogP contribution >= 0.6 is 22.7 Å². The number of unbranched alkanes of at least 4 members (excludes halogenated alkanes) is 4. The van der Waals surface area contributed by atoms with E-state index in [4.69, 9.17) is 9.97 Å². The first-order valence-corrected chi connectivity index (χ1v) is 11.6. The average molecular weight is 383 g/mol. The molecule has 0 spiro atoms. The zero-order valence-electron chi connectivity index (χ0n) is 15.7. The van der Waals surface area contributed by atoms with E-state index >= 15 is 0 Å². The standard InChI is InChI=1S/C22H26N2S2/c1-3-5-7-9-17-18(10-8-6-4-2)24-20-16-12-14-26-22(16)21-15(11-13-25-21)19(20)23-17/h11-14H,3-10H2,1-2H3. The number of thiophene rings is 2. The van der Waals surface area contributed by atoms with Gasteiger partial charge in [-0.1, -0.05) is 39.5 Å². The highest BCUT2D eigenvalue weighted by Gasteiger charge is 2.16. The SMILES string of the molecule is CCCCCc1nc2c3ccsc3c3sccc3c2nc1CCCCC. The molecule has 3 heterocycles. The normalized spacial score (nSPS) is 11.9. The van der Waals surface area contributed by atoms with Crippen molar-refractivity contribution in [3.63, 3.8) is 0 Å². The third kappa shape index (κ3) is 3.25. The molecule has 0 atom stereocenters. The average Bonchev–Trinajstić information content (AvgIpc) is 3.31. The quantitative estimate of drug-likeness (QED) is 0.294. The predicted molar refractivity (Wildman–Crippen MR) is 117 cm³/mol. The fourth-order valence-corrected chi connectivity index (χ4v) is 5.70. The van der Waals surface area contributed by atoms with Crippen molar-refractivity contribution in [1.82, 2.24) is 9.97 Å². The largest absolute Gasteiger partial charge is 0.249 e. The molecule has 0 aliphatic rings. The van der Waals surface area contributed by atoms with Gasteiger partial charge in [-0.05, 0) is 48.6 Å². The van der Waals surface area contributed by atoms with Crippen LogP contribution in [0.25, 0.3) is 31.2 Å². The molecule has 3 aromatic heterocycles. The molecule has 0 fully saturated rings. The Bertz CT molecular complexity index is 946. The van der Waals surface area contributed by atoms with E-state index in [-0.39, 0.29) is 0 Å². The lowest BCUT2D eigenvalue weighted by Crippen LogP contribution is -2.04. The van der Waals surface area contributed by atoms with Crippen molar-refractivity contribution in [3.8, 4) is 0 Å². The molecule has 2 nitrogen and oxygen atoms in total. The summed E-state index contributed by atoms with van der Waals surface area (Å²) in [5.41, 5.74) is 4.70. The Balaban J connectivity index is 1.89. The molecule has 1 aromatic carbocycles. The fraction of sp³-hybridized carbons (Fsp3) is 0.455. The summed E-state index contributed by atoms with van der Waals surface area (Å²) in [6.45, 7) is 4.52. The molecule has 26 heavy (non-hydrogen) atoms. The van der Waals surface area contributed by atoms with Crippen LogP contribution in [0.15, 0.2) is 22.9 Å². The lowest BCUT2D eigenvalue weighted by Gasteiger charge is -2.11. The number of rotatable bonds is 8. The van der Waals surface area contributed by atoms with Crippen LogP contribution in [0.1, 0.15) is 63.8 Å². The lowest BCUT2D eigenvalue weighted by atomic mass is 10.0. The van der Waals surface area contributed by atoms with Gasteiger partial charge in [0.1, 0.15) is 0 Å². The maximum absolute atomic E-state index is 5.20. The summed E-state index contributed by atoms with van der Waals surface area (Å²) in [4.78, 5) is 10.4. The number of nitrogens with zero attached hydrogens (tertiary/aromatic N) is 2. The van der Waals surface area contributed by atoms with Crippen LogP contribution in [0.3, 0.4) is 0 Å². The molecule has 0 saturated heterocycles. The number of hydrogen-bond acceptors (Lipinski definition) is 4. The predicted octanol–water partition coefficient (Wildman–Crippen LogP) is 7.52. The van der Waals surface area contributed by atoms with Crippen molar-refractivity contribution < 1.29 is 0 Å². The van der Waals surface area contributed by atoms with Gasteiger partial charge in [-0.25, -0.2) is 9.97 Å². The summed E-state index contributed by atoms with van der Waals surface area (Å²) in [6, 6.07) is 4.45. The van der Waals surface area contributed by atoms with Crippen LogP contribution < -0.4 is 0 Å². The highest BCUT2D eigenvalue weighted by Crippen LogP contribution is 2.39. The highest BCUT2D eigenvalue weighted by molar-refractivity contribution is 7.25. The number of aryl methyl sites for hydroxylation is 2. The van der Waals surface area contributed by atoms with Gasteiger partial charge in [0.05, 0.1) is 31.8 Å². The van der Waals surface area contributed by atoms with Gasteiger partial charge >= 0.3 is 0 Å². The second kappa shape index (κ2) is 8.01. The molecule has 4 aromatic rings. The Morgan fingerprint density at radius 3 is 1.58 bits per heavy atom. The number of benzene rings is 1. The molecule has 0 saturated carbocycles. The maximum Gasteiger partial charge on any atom is 0.0984 e. The number of hydrogen-bond donors (Lipinski definition) is 0. The van der Waals surface area contributed by atoms with Crippen molar-refractivity contribution in [2.75, 3.05) is 0 Å². The van der Waals surface area contributed by atoms with Crippen LogP contribution in [0, 0.1) is 0 Å². The molecular formula is C22H26N2S2. The van der Waals surface area contributed by atoms with Crippen LogP contribution in [-0.4, -0.2) is 9.97 Å². The molecule has 0 amide bonds. The van der Waals surface area contributed by atoms with Crippen LogP contribution in [-0.2, 0) is 12.8 Å². The van der Waals surface area contributed by atoms with Crippen LogP contribution in [0.4, 0.5) is 0 Å². The Kier molecular flexibility index (Phi) is 5.51. The summed E-state index contributed by atoms with van der Waals surface area (Å²) in [5.74, 6) is 0. The Hall–Kier alpha value is -1.52. The Morgan fingerprint density at radius 2 is 1.15 bits per heavy atom. The van der Waals surface area contributed by atoms with Crippen molar-refractivity contribution in [2.24, 2.45) is 0 Å². The molecule has 0 bridgehead atoms. The van der Waals surface area contributed by atoms with Crippen molar-refractivity contribution in [3.05, 3.63) is 34.3 Å². The first-order chi connectivity index (χ1) is 12.8. The summed E-state index contributed by atoms with van der Waals surface area (Å²) in [7, 11) is 0. The second-order valence-corrected chi connectivity index (χ2v) is 8.89. The molecule has 0 N–H and O–H groups in total. The fourth-order valence-electron chi connectivity index (χ4n) is 3.71. The monoisotopic (exact) mass is 382 g/mol. The van der Waals surface area contributed by atoms with Gasteiger partial charge < -0.3 is 0 Å². The van der Waals surface area contributed by atoms with E-state index in [0.717, 1.165) is 23.9 Å². The van der Waals surface area contributed by atoms with Gasteiger partial charge in [0, 0.05) is 10.8 Å². The lowest BCUT2D eigenvalue weighted by molar-refractivity contribution is 0.676. The third-order valence-corrected chi connectivity index (χ3v) is 7.13. The van der Waals surface area contributed by atoms with Gasteiger partial charge in [0.2, 0.25) is 0 Å². The van der Waals surface area contributed by atoms with E-state index < -0.39 is 0 Å². The minimum Gasteiger partial charge on any atom is -0.249 e. The molecule has 0 aliphatic carbocycles. The molecular weight excluding hydrogens is 356 g/mol. The Labute approximate surface area is 163 Å². The number of fused-ring (bicyclic) bond motifs is 6. The maximum atomic E-state index is 5.20. The van der Waals surface area contributed by atoms with Crippen LogP contribution in [0.5, 0.6) is 0 Å². The van der Waals surface area contributed by atoms with E-state index in [1.165, 1.54) is 70.1 Å². The van der Waals surface area contributed by atoms with Crippen LogP contribution in [0.2, 0.25) is 0 Å². The Morgan fingerprint density at radius 1 is 0.692 bits per heavy atom. The van der Waals surface area contributed by atoms with Crippen molar-refractivity contribution >= 4 is 53.9 Å². The third-order valence-electron chi connectivity index (χ3n) is 5.13. The smallest absolute Gasteiger partial charge is 0.0984 e. The van der Waals surface area contributed by atoms with Crippen molar-refractivity contribution in [2.45, 2.75) is 65.2 Å².